The van der Waals surface area contributed by atoms with Crippen molar-refractivity contribution in [2.75, 3.05) is 42.3 Å². The Balaban J connectivity index is 2.13. The number of fused-ring (bicyclic) bond motifs is 2. The van der Waals surface area contributed by atoms with E-state index in [1.807, 2.05) is 0 Å². The number of hydrogen-bond acceptors (Lipinski definition) is 10. The van der Waals surface area contributed by atoms with E-state index in [1.165, 1.54) is 41.6 Å². The molecule has 164 valence electrons. The number of benzene rings is 2. The number of ether oxygens (including phenoxy) is 7. The summed E-state index contributed by atoms with van der Waals surface area (Å²) in [5.74, 6) is 0.865. The van der Waals surface area contributed by atoms with Gasteiger partial charge in [0.25, 0.3) is 0 Å². The van der Waals surface area contributed by atoms with Crippen LogP contribution in [0.15, 0.2) is 21.3 Å². The van der Waals surface area contributed by atoms with Gasteiger partial charge < -0.3 is 42.7 Å². The average molecular weight is 432 g/mol. The molecule has 0 radical (unpaired) electrons. The number of aromatic hydroxyl groups is 1. The van der Waals surface area contributed by atoms with Crippen LogP contribution in [0.1, 0.15) is 0 Å². The summed E-state index contributed by atoms with van der Waals surface area (Å²) in [7, 11) is 6.96. The minimum absolute atomic E-state index is 0.0375. The van der Waals surface area contributed by atoms with E-state index < -0.39 is 5.43 Å². The zero-order valence-electron chi connectivity index (χ0n) is 17.5. The normalized spacial score (nSPS) is 12.0. The molecule has 0 aliphatic carbocycles. The fourth-order valence-corrected chi connectivity index (χ4v) is 3.55. The molecule has 10 nitrogen and oxygen atoms in total. The summed E-state index contributed by atoms with van der Waals surface area (Å²) in [6, 6.07) is 2.91. The minimum atomic E-state index is -0.526. The largest absolute Gasteiger partial charge is 0.504 e. The van der Waals surface area contributed by atoms with E-state index in [-0.39, 0.29) is 69.5 Å². The van der Waals surface area contributed by atoms with Gasteiger partial charge in [0.15, 0.2) is 28.6 Å². The fraction of sp³-hybridized carbons (Fsp3) is 0.286. The smallest absolute Gasteiger partial charge is 0.239 e. The molecule has 0 fully saturated rings. The second-order valence-electron chi connectivity index (χ2n) is 6.36. The van der Waals surface area contributed by atoms with Crippen molar-refractivity contribution in [3.05, 3.63) is 22.4 Å². The third kappa shape index (κ3) is 2.90. The summed E-state index contributed by atoms with van der Waals surface area (Å²) in [5.41, 5.74) is -0.148. The van der Waals surface area contributed by atoms with Gasteiger partial charge in [0.2, 0.25) is 41.0 Å². The molecule has 2 heterocycles. The molecule has 31 heavy (non-hydrogen) atoms. The van der Waals surface area contributed by atoms with Crippen LogP contribution in [0.3, 0.4) is 0 Å². The van der Waals surface area contributed by atoms with Crippen LogP contribution in [0, 0.1) is 0 Å². The highest BCUT2D eigenvalue weighted by Gasteiger charge is 2.33. The van der Waals surface area contributed by atoms with E-state index in [2.05, 4.69) is 0 Å². The standard InChI is InChI=1S/C21H20O10/c1-24-11-7-9(6-10(22)15(11)25-2)14-18(27-4)13(23)12-16(26-3)20-21(30-8-29-20)19(28-5)17(12)31-14/h6-7,22H,8H2,1-5H3. The van der Waals surface area contributed by atoms with Crippen LogP contribution < -0.4 is 38.6 Å². The monoisotopic (exact) mass is 432 g/mol. The van der Waals surface area contributed by atoms with E-state index in [0.29, 0.717) is 5.56 Å². The first-order chi connectivity index (χ1) is 15.0. The van der Waals surface area contributed by atoms with E-state index in [1.54, 1.807) is 6.07 Å². The fourth-order valence-electron chi connectivity index (χ4n) is 3.55. The number of phenolic OH excluding ortho intramolecular Hbond substituents is 1. The summed E-state index contributed by atoms with van der Waals surface area (Å²) in [6.07, 6.45) is 0. The maximum absolute atomic E-state index is 13.4. The van der Waals surface area contributed by atoms with E-state index in [9.17, 15) is 9.90 Å². The van der Waals surface area contributed by atoms with E-state index in [4.69, 9.17) is 37.6 Å². The maximum Gasteiger partial charge on any atom is 0.239 e. The molecule has 1 N–H and O–H groups in total. The molecule has 0 atom stereocenters. The lowest BCUT2D eigenvalue weighted by Gasteiger charge is -2.16. The molecule has 3 aromatic rings. The van der Waals surface area contributed by atoms with Crippen molar-refractivity contribution in [1.29, 1.82) is 0 Å². The van der Waals surface area contributed by atoms with Crippen molar-refractivity contribution in [2.24, 2.45) is 0 Å². The van der Waals surface area contributed by atoms with Crippen LogP contribution in [0.2, 0.25) is 0 Å². The SMILES string of the molecule is COc1cc(-c2oc3c(OC)c4c(c(OC)c3c(=O)c2OC)OCO4)cc(O)c1OC. The molecule has 0 saturated heterocycles. The molecule has 1 aromatic heterocycles. The van der Waals surface area contributed by atoms with Crippen LogP contribution in [0.25, 0.3) is 22.3 Å². The Kier molecular flexibility index (Phi) is 5.05. The number of methoxy groups -OCH3 is 5. The topological polar surface area (TPSA) is 115 Å². The third-order valence-corrected chi connectivity index (χ3v) is 4.86. The third-order valence-electron chi connectivity index (χ3n) is 4.86. The Morgan fingerprint density at radius 1 is 0.806 bits per heavy atom. The van der Waals surface area contributed by atoms with Gasteiger partial charge in [-0.2, -0.15) is 0 Å². The van der Waals surface area contributed by atoms with Crippen LogP contribution in [0.4, 0.5) is 0 Å². The first kappa shape index (κ1) is 20.3. The van der Waals surface area contributed by atoms with Crippen molar-refractivity contribution >= 4 is 11.0 Å². The van der Waals surface area contributed by atoms with E-state index in [0.717, 1.165) is 0 Å². The molecule has 0 bridgehead atoms. The van der Waals surface area contributed by atoms with E-state index >= 15 is 0 Å². The van der Waals surface area contributed by atoms with Crippen LogP contribution >= 0.6 is 0 Å². The number of hydrogen-bond donors (Lipinski definition) is 1. The molecule has 2 aromatic carbocycles. The van der Waals surface area contributed by atoms with Gasteiger partial charge in [-0.05, 0) is 12.1 Å². The predicted octanol–water partition coefficient (Wildman–Crippen LogP) is 2.94. The molecule has 4 rings (SSSR count). The molecule has 0 amide bonds. The van der Waals surface area contributed by atoms with Crippen LogP contribution in [-0.4, -0.2) is 47.4 Å². The Bertz CT molecular complexity index is 1230. The molecule has 1 aliphatic rings. The van der Waals surface area contributed by atoms with Gasteiger partial charge in [0.1, 0.15) is 5.39 Å². The van der Waals surface area contributed by atoms with Crippen molar-refractivity contribution < 1.29 is 42.7 Å². The van der Waals surface area contributed by atoms with Gasteiger partial charge in [-0.25, -0.2) is 0 Å². The van der Waals surface area contributed by atoms with Crippen molar-refractivity contribution in [2.45, 2.75) is 0 Å². The summed E-state index contributed by atoms with van der Waals surface area (Å²) >= 11 is 0. The van der Waals surface area contributed by atoms with Gasteiger partial charge >= 0.3 is 0 Å². The lowest BCUT2D eigenvalue weighted by atomic mass is 10.1. The molecular weight excluding hydrogens is 412 g/mol. The Morgan fingerprint density at radius 2 is 1.42 bits per heavy atom. The number of rotatable bonds is 6. The first-order valence-corrected chi connectivity index (χ1v) is 9.04. The van der Waals surface area contributed by atoms with Crippen molar-refractivity contribution in [3.8, 4) is 57.3 Å². The Hall–Kier alpha value is -3.95. The minimum Gasteiger partial charge on any atom is -0.504 e. The first-order valence-electron chi connectivity index (χ1n) is 9.04. The summed E-state index contributed by atoms with van der Waals surface area (Å²) < 4.78 is 43.8. The number of phenols is 1. The van der Waals surface area contributed by atoms with Gasteiger partial charge in [-0.3, -0.25) is 4.79 Å². The molecule has 1 aliphatic heterocycles. The van der Waals surface area contributed by atoms with Gasteiger partial charge in [-0.1, -0.05) is 0 Å². The predicted molar refractivity (Wildman–Crippen MR) is 108 cm³/mol. The van der Waals surface area contributed by atoms with Crippen LogP contribution in [-0.2, 0) is 0 Å². The molecule has 0 unspecified atom stereocenters. The summed E-state index contributed by atoms with van der Waals surface area (Å²) in [6.45, 7) is -0.0693. The van der Waals surface area contributed by atoms with Crippen molar-refractivity contribution in [1.82, 2.24) is 0 Å². The molecule has 10 heteroatoms. The lowest BCUT2D eigenvalue weighted by Crippen LogP contribution is -2.10. The lowest BCUT2D eigenvalue weighted by molar-refractivity contribution is 0.169. The van der Waals surface area contributed by atoms with Gasteiger partial charge in [0.05, 0.1) is 35.5 Å². The second kappa shape index (κ2) is 7.71. The highest BCUT2D eigenvalue weighted by atomic mass is 16.7. The Morgan fingerprint density at radius 3 is 2.00 bits per heavy atom. The highest BCUT2D eigenvalue weighted by molar-refractivity contribution is 5.97. The zero-order valence-corrected chi connectivity index (χ0v) is 17.5. The molecule has 0 spiro atoms. The second-order valence-corrected chi connectivity index (χ2v) is 6.36. The quantitative estimate of drug-likeness (QED) is 0.623. The zero-order chi connectivity index (χ0) is 22.3. The highest BCUT2D eigenvalue weighted by Crippen LogP contribution is 2.54. The maximum atomic E-state index is 13.4. The summed E-state index contributed by atoms with van der Waals surface area (Å²) in [5, 5.41) is 10.4. The summed E-state index contributed by atoms with van der Waals surface area (Å²) in [4.78, 5) is 13.4. The molecular formula is C21H20O10. The van der Waals surface area contributed by atoms with Crippen LogP contribution in [0.5, 0.6) is 46.0 Å². The molecule has 0 saturated carbocycles. The Labute approximate surface area is 176 Å². The van der Waals surface area contributed by atoms with Crippen molar-refractivity contribution in [3.63, 3.8) is 0 Å². The average Bonchev–Trinajstić information content (AvgIpc) is 3.26. The van der Waals surface area contributed by atoms with Gasteiger partial charge in [0, 0.05) is 5.56 Å². The van der Waals surface area contributed by atoms with Gasteiger partial charge in [-0.15, -0.1) is 0 Å².